The van der Waals surface area contributed by atoms with Gasteiger partial charge in [0.15, 0.2) is 0 Å². The van der Waals surface area contributed by atoms with E-state index in [2.05, 4.69) is 4.98 Å². The topological polar surface area (TPSA) is 48.4 Å². The molecule has 0 amide bonds. The van der Waals surface area contributed by atoms with Crippen molar-refractivity contribution in [3.63, 3.8) is 0 Å². The Labute approximate surface area is 146 Å². The number of carbonyl (C=O) groups excluding carboxylic acids is 1. The Morgan fingerprint density at radius 3 is 1.96 bits per heavy atom. The van der Waals surface area contributed by atoms with Crippen LogP contribution < -0.4 is 9.47 Å². The molecule has 0 spiro atoms. The van der Waals surface area contributed by atoms with E-state index >= 15 is 0 Å². The Hall–Kier alpha value is -3.40. The molecule has 4 nitrogen and oxygen atoms in total. The second-order valence-electron chi connectivity index (χ2n) is 5.30. The van der Waals surface area contributed by atoms with Gasteiger partial charge >= 0.3 is 5.97 Å². The standard InChI is InChI=1S/C21H17NO3/c1-24-19-10-6-18(7-11-19)21(23)25-20-8-4-16(5-9-20)2-3-17-12-14-22-15-13-17/h2-15H,1H3/b3-2+. The van der Waals surface area contributed by atoms with Crippen molar-refractivity contribution in [1.82, 2.24) is 4.98 Å². The molecule has 2 aromatic carbocycles. The largest absolute Gasteiger partial charge is 0.497 e. The number of nitrogens with zero attached hydrogens (tertiary/aromatic N) is 1. The number of hydrogen-bond acceptors (Lipinski definition) is 4. The molecule has 124 valence electrons. The van der Waals surface area contributed by atoms with Gasteiger partial charge in [-0.3, -0.25) is 4.98 Å². The molecular formula is C21H17NO3. The minimum atomic E-state index is -0.400. The fraction of sp³-hybridized carbons (Fsp3) is 0.0476. The van der Waals surface area contributed by atoms with Crippen LogP contribution in [-0.4, -0.2) is 18.1 Å². The first-order valence-corrected chi connectivity index (χ1v) is 7.79. The van der Waals surface area contributed by atoms with Gasteiger partial charge in [-0.2, -0.15) is 0 Å². The van der Waals surface area contributed by atoms with Crippen molar-refractivity contribution >= 4 is 18.1 Å². The second-order valence-corrected chi connectivity index (χ2v) is 5.30. The van der Waals surface area contributed by atoms with Crippen LogP contribution in [0, 0.1) is 0 Å². The van der Waals surface area contributed by atoms with Crippen molar-refractivity contribution in [1.29, 1.82) is 0 Å². The normalized spacial score (nSPS) is 10.6. The highest BCUT2D eigenvalue weighted by Gasteiger charge is 2.08. The summed E-state index contributed by atoms with van der Waals surface area (Å²) in [5.41, 5.74) is 2.56. The molecule has 0 atom stereocenters. The molecule has 1 aromatic heterocycles. The maximum atomic E-state index is 12.1. The summed E-state index contributed by atoms with van der Waals surface area (Å²) in [6.45, 7) is 0. The molecule has 4 heteroatoms. The molecule has 1 heterocycles. The first-order chi connectivity index (χ1) is 12.2. The molecule has 0 aliphatic rings. The lowest BCUT2D eigenvalue weighted by Crippen LogP contribution is -2.08. The van der Waals surface area contributed by atoms with E-state index in [0.29, 0.717) is 17.1 Å². The van der Waals surface area contributed by atoms with Crippen molar-refractivity contribution in [3.8, 4) is 11.5 Å². The van der Waals surface area contributed by atoms with E-state index in [1.165, 1.54) is 0 Å². The average Bonchev–Trinajstić information content (AvgIpc) is 2.68. The zero-order valence-electron chi connectivity index (χ0n) is 13.8. The first-order valence-electron chi connectivity index (χ1n) is 7.79. The van der Waals surface area contributed by atoms with Crippen molar-refractivity contribution < 1.29 is 14.3 Å². The Balaban J connectivity index is 1.63. The Morgan fingerprint density at radius 2 is 1.36 bits per heavy atom. The molecule has 0 bridgehead atoms. The molecule has 0 saturated carbocycles. The van der Waals surface area contributed by atoms with Crippen molar-refractivity contribution in [3.05, 3.63) is 89.7 Å². The van der Waals surface area contributed by atoms with Crippen LogP contribution in [0.1, 0.15) is 21.5 Å². The van der Waals surface area contributed by atoms with Gasteiger partial charge in [0.2, 0.25) is 0 Å². The summed E-state index contributed by atoms with van der Waals surface area (Å²) in [5, 5.41) is 0. The van der Waals surface area contributed by atoms with Crippen molar-refractivity contribution in [2.45, 2.75) is 0 Å². The van der Waals surface area contributed by atoms with E-state index in [1.54, 1.807) is 55.9 Å². The molecule has 3 rings (SSSR count). The van der Waals surface area contributed by atoms with Gasteiger partial charge in [-0.05, 0) is 59.7 Å². The van der Waals surface area contributed by atoms with Gasteiger partial charge in [0.25, 0.3) is 0 Å². The quantitative estimate of drug-likeness (QED) is 0.511. The van der Waals surface area contributed by atoms with Crippen molar-refractivity contribution in [2.24, 2.45) is 0 Å². The molecule has 0 fully saturated rings. The Kier molecular flexibility index (Phi) is 5.22. The van der Waals surface area contributed by atoms with E-state index in [9.17, 15) is 4.79 Å². The van der Waals surface area contributed by atoms with Crippen molar-refractivity contribution in [2.75, 3.05) is 7.11 Å². The summed E-state index contributed by atoms with van der Waals surface area (Å²) < 4.78 is 10.5. The van der Waals surface area contributed by atoms with Crippen LogP contribution in [0.3, 0.4) is 0 Å². The molecule has 0 aliphatic carbocycles. The summed E-state index contributed by atoms with van der Waals surface area (Å²) in [6, 6.07) is 18.0. The summed E-state index contributed by atoms with van der Waals surface area (Å²) in [4.78, 5) is 16.1. The highest BCUT2D eigenvalue weighted by atomic mass is 16.5. The second kappa shape index (κ2) is 7.93. The number of methoxy groups -OCH3 is 1. The van der Waals surface area contributed by atoms with E-state index in [1.807, 2.05) is 36.4 Å². The zero-order valence-corrected chi connectivity index (χ0v) is 13.8. The van der Waals surface area contributed by atoms with Gasteiger partial charge in [0, 0.05) is 12.4 Å². The Bertz CT molecular complexity index is 854. The predicted octanol–water partition coefficient (Wildman–Crippen LogP) is 4.48. The number of ether oxygens (including phenoxy) is 2. The number of hydrogen-bond donors (Lipinski definition) is 0. The van der Waals surface area contributed by atoms with Gasteiger partial charge in [-0.1, -0.05) is 24.3 Å². The van der Waals surface area contributed by atoms with Gasteiger partial charge in [0.05, 0.1) is 12.7 Å². The number of esters is 1. The van der Waals surface area contributed by atoms with E-state index in [0.717, 1.165) is 11.1 Å². The monoisotopic (exact) mass is 331 g/mol. The number of aromatic nitrogens is 1. The first kappa shape index (κ1) is 16.5. The lowest BCUT2D eigenvalue weighted by molar-refractivity contribution is 0.0734. The van der Waals surface area contributed by atoms with Crippen LogP contribution in [0.5, 0.6) is 11.5 Å². The molecule has 0 N–H and O–H groups in total. The van der Waals surface area contributed by atoms with Crippen LogP contribution in [0.4, 0.5) is 0 Å². The summed E-state index contributed by atoms with van der Waals surface area (Å²) in [7, 11) is 1.58. The van der Waals surface area contributed by atoms with E-state index in [-0.39, 0.29) is 0 Å². The smallest absolute Gasteiger partial charge is 0.343 e. The minimum Gasteiger partial charge on any atom is -0.497 e. The number of carbonyl (C=O) groups is 1. The SMILES string of the molecule is COc1ccc(C(=O)Oc2ccc(/C=C/c3ccncc3)cc2)cc1. The number of rotatable bonds is 5. The van der Waals surface area contributed by atoms with E-state index in [4.69, 9.17) is 9.47 Å². The van der Waals surface area contributed by atoms with Gasteiger partial charge in [0.1, 0.15) is 11.5 Å². The molecule has 0 saturated heterocycles. The van der Waals surface area contributed by atoms with Crippen LogP contribution in [0.15, 0.2) is 73.1 Å². The molecule has 0 unspecified atom stereocenters. The minimum absolute atomic E-state index is 0.400. The van der Waals surface area contributed by atoms with Gasteiger partial charge in [-0.15, -0.1) is 0 Å². The summed E-state index contributed by atoms with van der Waals surface area (Å²) in [5.74, 6) is 0.798. The van der Waals surface area contributed by atoms with Crippen LogP contribution in [0.25, 0.3) is 12.2 Å². The third-order valence-corrected chi connectivity index (χ3v) is 3.59. The van der Waals surface area contributed by atoms with E-state index < -0.39 is 5.97 Å². The summed E-state index contributed by atoms with van der Waals surface area (Å²) >= 11 is 0. The highest BCUT2D eigenvalue weighted by molar-refractivity contribution is 5.91. The molecule has 25 heavy (non-hydrogen) atoms. The fourth-order valence-electron chi connectivity index (χ4n) is 2.21. The van der Waals surface area contributed by atoms with Gasteiger partial charge < -0.3 is 9.47 Å². The zero-order chi connectivity index (χ0) is 17.5. The molecular weight excluding hydrogens is 314 g/mol. The van der Waals surface area contributed by atoms with Gasteiger partial charge in [-0.25, -0.2) is 4.79 Å². The number of benzene rings is 2. The Morgan fingerprint density at radius 1 is 0.800 bits per heavy atom. The molecule has 0 radical (unpaired) electrons. The summed E-state index contributed by atoms with van der Waals surface area (Å²) in [6.07, 6.45) is 7.49. The fourth-order valence-corrected chi connectivity index (χ4v) is 2.21. The van der Waals surface area contributed by atoms with Crippen LogP contribution >= 0.6 is 0 Å². The third kappa shape index (κ3) is 4.54. The molecule has 3 aromatic rings. The number of pyridine rings is 1. The maximum absolute atomic E-state index is 12.1. The highest BCUT2D eigenvalue weighted by Crippen LogP contribution is 2.17. The average molecular weight is 331 g/mol. The lowest BCUT2D eigenvalue weighted by atomic mass is 10.1. The van der Waals surface area contributed by atoms with Crippen LogP contribution in [-0.2, 0) is 0 Å². The lowest BCUT2D eigenvalue weighted by Gasteiger charge is -2.05. The molecule has 0 aliphatic heterocycles. The maximum Gasteiger partial charge on any atom is 0.343 e. The third-order valence-electron chi connectivity index (χ3n) is 3.59. The predicted molar refractivity (Wildman–Crippen MR) is 97.6 cm³/mol. The van der Waals surface area contributed by atoms with Crippen LogP contribution in [0.2, 0.25) is 0 Å².